The Morgan fingerprint density at radius 1 is 0.758 bits per heavy atom. The third-order valence-corrected chi connectivity index (χ3v) is 5.75. The van der Waals surface area contributed by atoms with Gasteiger partial charge < -0.3 is 15.3 Å². The number of rotatable bonds is 20. The summed E-state index contributed by atoms with van der Waals surface area (Å²) in [6.45, 7) is 4.14. The zero-order valence-corrected chi connectivity index (χ0v) is 20.7. The molecule has 33 heavy (non-hydrogen) atoms. The Balaban J connectivity index is 4.17. The van der Waals surface area contributed by atoms with Gasteiger partial charge in [0.2, 0.25) is 5.60 Å². The molecule has 6 heteroatoms. The molecule has 0 rings (SSSR count). The standard InChI is InChI=1S/C27H44O6/c1-4-5-6-7-8-9-10-11-12-13-14-15-16-17-18-19-20-21-24(30)27(33,23(3)29)26(32)25(31)22(2)28/h16-21,25-26,31-33H,4-15H2,1-3H3. The second kappa shape index (κ2) is 18.5. The van der Waals surface area contributed by atoms with E-state index < -0.39 is 35.2 Å². The molecule has 0 bridgehead atoms. The van der Waals surface area contributed by atoms with E-state index in [1.54, 1.807) is 12.2 Å². The average molecular weight is 465 g/mol. The topological polar surface area (TPSA) is 112 Å². The third kappa shape index (κ3) is 12.8. The van der Waals surface area contributed by atoms with Gasteiger partial charge in [0.15, 0.2) is 17.3 Å². The highest BCUT2D eigenvalue weighted by molar-refractivity contribution is 6.15. The molecule has 0 aliphatic rings. The number of hydrogen-bond acceptors (Lipinski definition) is 6. The van der Waals surface area contributed by atoms with Gasteiger partial charge in [0, 0.05) is 0 Å². The van der Waals surface area contributed by atoms with Crippen molar-refractivity contribution in [1.29, 1.82) is 0 Å². The van der Waals surface area contributed by atoms with Gasteiger partial charge in [0.1, 0.15) is 12.2 Å². The highest BCUT2D eigenvalue weighted by atomic mass is 16.4. The monoisotopic (exact) mass is 464 g/mol. The average Bonchev–Trinajstić information content (AvgIpc) is 2.78. The fourth-order valence-corrected chi connectivity index (χ4v) is 3.48. The molecule has 0 aliphatic carbocycles. The van der Waals surface area contributed by atoms with E-state index in [1.165, 1.54) is 70.3 Å². The Bertz CT molecular complexity index is 664. The minimum absolute atomic E-state index is 0.859. The lowest BCUT2D eigenvalue weighted by molar-refractivity contribution is -0.170. The van der Waals surface area contributed by atoms with E-state index >= 15 is 0 Å². The van der Waals surface area contributed by atoms with Gasteiger partial charge in [0.05, 0.1) is 0 Å². The summed E-state index contributed by atoms with van der Waals surface area (Å²) in [6.07, 6.45) is 20.5. The lowest BCUT2D eigenvalue weighted by Gasteiger charge is -2.30. The minimum atomic E-state index is -2.87. The lowest BCUT2D eigenvalue weighted by atomic mass is 9.83. The number of allylic oxidation sites excluding steroid dienone is 5. The van der Waals surface area contributed by atoms with E-state index in [-0.39, 0.29) is 0 Å². The van der Waals surface area contributed by atoms with E-state index in [2.05, 4.69) is 6.92 Å². The van der Waals surface area contributed by atoms with Crippen molar-refractivity contribution >= 4 is 17.3 Å². The van der Waals surface area contributed by atoms with Crippen molar-refractivity contribution in [3.8, 4) is 0 Å². The second-order valence-electron chi connectivity index (χ2n) is 8.68. The predicted molar refractivity (Wildman–Crippen MR) is 132 cm³/mol. The SMILES string of the molecule is CCCCCCCCCCCCCC=CC=CC=CC(=O)C(O)(C(C)=O)C(O)C(O)C(C)=O. The van der Waals surface area contributed by atoms with Gasteiger partial charge in [-0.15, -0.1) is 0 Å². The van der Waals surface area contributed by atoms with Crippen LogP contribution in [0.15, 0.2) is 36.5 Å². The molecule has 6 nitrogen and oxygen atoms in total. The number of aliphatic hydroxyl groups is 3. The Hall–Kier alpha value is -1.89. The second-order valence-corrected chi connectivity index (χ2v) is 8.68. The number of ketones is 3. The van der Waals surface area contributed by atoms with Crippen LogP contribution in [0.5, 0.6) is 0 Å². The summed E-state index contributed by atoms with van der Waals surface area (Å²) in [4.78, 5) is 35.2. The van der Waals surface area contributed by atoms with Gasteiger partial charge in [-0.05, 0) is 32.8 Å². The molecular formula is C27H44O6. The molecule has 0 aromatic rings. The zero-order valence-electron chi connectivity index (χ0n) is 20.7. The van der Waals surface area contributed by atoms with E-state index in [0.717, 1.165) is 32.8 Å². The van der Waals surface area contributed by atoms with E-state index in [9.17, 15) is 29.7 Å². The van der Waals surface area contributed by atoms with Gasteiger partial charge in [0.25, 0.3) is 0 Å². The maximum atomic E-state index is 12.2. The fraction of sp³-hybridized carbons (Fsp3) is 0.667. The maximum Gasteiger partial charge on any atom is 0.214 e. The van der Waals surface area contributed by atoms with E-state index in [1.807, 2.05) is 12.2 Å². The largest absolute Gasteiger partial charge is 0.386 e. The van der Waals surface area contributed by atoms with Crippen molar-refractivity contribution in [1.82, 2.24) is 0 Å². The van der Waals surface area contributed by atoms with Crippen molar-refractivity contribution in [2.45, 2.75) is 116 Å². The van der Waals surface area contributed by atoms with Crippen molar-refractivity contribution in [3.05, 3.63) is 36.5 Å². The van der Waals surface area contributed by atoms with Gasteiger partial charge in [-0.25, -0.2) is 0 Å². The summed E-state index contributed by atoms with van der Waals surface area (Å²) < 4.78 is 0. The Morgan fingerprint density at radius 2 is 1.24 bits per heavy atom. The number of aliphatic hydroxyl groups excluding tert-OH is 2. The van der Waals surface area contributed by atoms with Crippen LogP contribution in [0.2, 0.25) is 0 Å². The molecule has 0 aromatic heterocycles. The smallest absolute Gasteiger partial charge is 0.214 e. The summed E-state index contributed by atoms with van der Waals surface area (Å²) in [5.41, 5.74) is -2.87. The van der Waals surface area contributed by atoms with Crippen molar-refractivity contribution < 1.29 is 29.7 Å². The van der Waals surface area contributed by atoms with Crippen LogP contribution >= 0.6 is 0 Å². The molecule has 0 radical (unpaired) electrons. The number of hydrogen-bond donors (Lipinski definition) is 3. The molecule has 0 fully saturated rings. The summed E-state index contributed by atoms with van der Waals surface area (Å²) in [5, 5.41) is 29.9. The molecule has 0 aliphatic heterocycles. The van der Waals surface area contributed by atoms with Crippen LogP contribution in [0.4, 0.5) is 0 Å². The molecule has 188 valence electrons. The molecule has 3 unspecified atom stereocenters. The number of carbonyl (C=O) groups is 3. The molecule has 0 saturated heterocycles. The van der Waals surface area contributed by atoms with Gasteiger partial charge in [-0.3, -0.25) is 14.4 Å². The summed E-state index contributed by atoms with van der Waals surface area (Å²) in [7, 11) is 0. The van der Waals surface area contributed by atoms with E-state index in [4.69, 9.17) is 0 Å². The third-order valence-electron chi connectivity index (χ3n) is 5.75. The number of unbranched alkanes of at least 4 members (excludes halogenated alkanes) is 11. The quantitative estimate of drug-likeness (QED) is 0.105. The first-order valence-corrected chi connectivity index (χ1v) is 12.3. The van der Waals surface area contributed by atoms with Crippen LogP contribution in [0, 0.1) is 0 Å². The van der Waals surface area contributed by atoms with Crippen molar-refractivity contribution in [3.63, 3.8) is 0 Å². The Labute approximate surface area is 199 Å². The molecule has 0 saturated carbocycles. The first kappa shape index (κ1) is 31.1. The highest BCUT2D eigenvalue weighted by Gasteiger charge is 2.50. The van der Waals surface area contributed by atoms with Crippen LogP contribution in [0.3, 0.4) is 0 Å². The zero-order chi connectivity index (χ0) is 25.1. The van der Waals surface area contributed by atoms with Crippen LogP contribution in [-0.2, 0) is 14.4 Å². The Kier molecular flexibility index (Phi) is 17.5. The van der Waals surface area contributed by atoms with Gasteiger partial charge in [-0.1, -0.05) is 102 Å². The van der Waals surface area contributed by atoms with Crippen LogP contribution in [0.1, 0.15) is 97.8 Å². The first-order chi connectivity index (χ1) is 15.7. The summed E-state index contributed by atoms with van der Waals surface area (Å²) in [5.74, 6) is -3.01. The summed E-state index contributed by atoms with van der Waals surface area (Å²) >= 11 is 0. The predicted octanol–water partition coefficient (Wildman–Crippen LogP) is 4.56. The van der Waals surface area contributed by atoms with Crippen molar-refractivity contribution in [2.24, 2.45) is 0 Å². The Morgan fingerprint density at radius 3 is 1.73 bits per heavy atom. The van der Waals surface area contributed by atoms with E-state index in [0.29, 0.717) is 0 Å². The highest BCUT2D eigenvalue weighted by Crippen LogP contribution is 2.19. The van der Waals surface area contributed by atoms with Gasteiger partial charge >= 0.3 is 0 Å². The molecule has 3 N–H and O–H groups in total. The van der Waals surface area contributed by atoms with Crippen LogP contribution < -0.4 is 0 Å². The molecule has 0 amide bonds. The van der Waals surface area contributed by atoms with Crippen molar-refractivity contribution in [2.75, 3.05) is 0 Å². The summed E-state index contributed by atoms with van der Waals surface area (Å²) in [6, 6.07) is 0. The normalized spacial score (nSPS) is 15.8. The molecule has 3 atom stereocenters. The maximum absolute atomic E-state index is 12.2. The number of Topliss-reactive ketones (excluding diaryl/α,β-unsaturated/α-hetero) is 2. The number of carbonyl (C=O) groups excluding carboxylic acids is 3. The fourth-order valence-electron chi connectivity index (χ4n) is 3.48. The first-order valence-electron chi connectivity index (χ1n) is 12.3. The molecule has 0 heterocycles. The molecule has 0 spiro atoms. The minimum Gasteiger partial charge on any atom is -0.386 e. The van der Waals surface area contributed by atoms with Crippen LogP contribution in [-0.4, -0.2) is 50.5 Å². The molecular weight excluding hydrogens is 420 g/mol. The van der Waals surface area contributed by atoms with Gasteiger partial charge in [-0.2, -0.15) is 0 Å². The lowest BCUT2D eigenvalue weighted by Crippen LogP contribution is -2.60. The molecule has 0 aromatic carbocycles. The van der Waals surface area contributed by atoms with Crippen LogP contribution in [0.25, 0.3) is 0 Å².